The van der Waals surface area contributed by atoms with Gasteiger partial charge in [0.2, 0.25) is 5.75 Å². The fraction of sp³-hybridized carbons (Fsp3) is 0.625. The number of hydrogen-bond acceptors (Lipinski definition) is 7. The Kier molecular flexibility index (Phi) is 12.6. The normalized spacial score (nSPS) is 13.6. The molecular formula is C24H44O7Si3. The molecular weight excluding hydrogens is 485 g/mol. The van der Waals surface area contributed by atoms with Crippen molar-refractivity contribution in [3.63, 3.8) is 0 Å². The van der Waals surface area contributed by atoms with E-state index in [4.69, 9.17) is 27.8 Å². The van der Waals surface area contributed by atoms with Gasteiger partial charge in [0, 0.05) is 11.6 Å². The molecule has 0 bridgehead atoms. The first-order valence-electron chi connectivity index (χ1n) is 11.8. The van der Waals surface area contributed by atoms with Crippen molar-refractivity contribution in [2.45, 2.75) is 64.6 Å². The zero-order valence-electron chi connectivity index (χ0n) is 22.7. The molecule has 0 saturated heterocycles. The van der Waals surface area contributed by atoms with Crippen molar-refractivity contribution in [3.8, 4) is 17.2 Å². The van der Waals surface area contributed by atoms with Crippen molar-refractivity contribution in [1.29, 1.82) is 0 Å². The average Bonchev–Trinajstić information content (AvgIpc) is 2.73. The van der Waals surface area contributed by atoms with E-state index in [0.717, 1.165) is 12.5 Å². The molecule has 34 heavy (non-hydrogen) atoms. The van der Waals surface area contributed by atoms with Gasteiger partial charge in [-0.2, -0.15) is 0 Å². The summed E-state index contributed by atoms with van der Waals surface area (Å²) in [6.45, 7) is 15.8. The molecule has 0 aliphatic carbocycles. The summed E-state index contributed by atoms with van der Waals surface area (Å²) < 4.78 is 34.2. The van der Waals surface area contributed by atoms with Crippen LogP contribution in [-0.2, 0) is 18.4 Å². The third-order valence-electron chi connectivity index (χ3n) is 4.85. The number of benzene rings is 1. The third kappa shape index (κ3) is 11.7. The number of rotatable bonds is 15. The van der Waals surface area contributed by atoms with E-state index in [1.54, 1.807) is 39.5 Å². The van der Waals surface area contributed by atoms with Crippen LogP contribution in [0.2, 0.25) is 45.3 Å². The van der Waals surface area contributed by atoms with Crippen molar-refractivity contribution in [2.24, 2.45) is 5.92 Å². The molecule has 10 heteroatoms. The lowest BCUT2D eigenvalue weighted by Gasteiger charge is -2.32. The van der Waals surface area contributed by atoms with Crippen LogP contribution in [0.3, 0.4) is 0 Å². The monoisotopic (exact) mass is 528 g/mol. The second-order valence-electron chi connectivity index (χ2n) is 10.3. The molecule has 1 aromatic rings. The number of methoxy groups -OCH3 is 3. The summed E-state index contributed by atoms with van der Waals surface area (Å²) in [5, 5.41) is 0. The van der Waals surface area contributed by atoms with Gasteiger partial charge in [-0.25, -0.2) is 4.79 Å². The predicted molar refractivity (Wildman–Crippen MR) is 146 cm³/mol. The SMILES string of the molecule is COc1ccc(/C=C/C(=O)OCCC(C)C[SiH2]C(O[Si](C)(C)C)O[Si](C)(C)C)c(OC)c1OC. The topological polar surface area (TPSA) is 72.5 Å². The van der Waals surface area contributed by atoms with Crippen LogP contribution in [0.25, 0.3) is 6.08 Å². The van der Waals surface area contributed by atoms with Crippen molar-refractivity contribution < 1.29 is 32.6 Å². The summed E-state index contributed by atoms with van der Waals surface area (Å²) in [7, 11) is 0.781. The molecule has 0 aromatic heterocycles. The summed E-state index contributed by atoms with van der Waals surface area (Å²) in [4.78, 5) is 12.2. The largest absolute Gasteiger partial charge is 0.493 e. The van der Waals surface area contributed by atoms with Crippen LogP contribution in [-0.4, -0.2) is 66.0 Å². The smallest absolute Gasteiger partial charge is 0.330 e. The molecule has 0 aliphatic rings. The maximum Gasteiger partial charge on any atom is 0.330 e. The third-order valence-corrected chi connectivity index (χ3v) is 9.58. The number of carbonyl (C=O) groups is 1. The number of esters is 1. The Morgan fingerprint density at radius 1 is 0.941 bits per heavy atom. The summed E-state index contributed by atoms with van der Waals surface area (Å²) in [6, 6.07) is 4.66. The highest BCUT2D eigenvalue weighted by atomic mass is 28.4. The van der Waals surface area contributed by atoms with Crippen LogP contribution in [0, 0.1) is 5.92 Å². The predicted octanol–water partition coefficient (Wildman–Crippen LogP) is 4.87. The van der Waals surface area contributed by atoms with Crippen LogP contribution >= 0.6 is 0 Å². The lowest BCUT2D eigenvalue weighted by molar-refractivity contribution is -0.137. The zero-order chi connectivity index (χ0) is 25.9. The van der Waals surface area contributed by atoms with E-state index in [9.17, 15) is 4.79 Å². The van der Waals surface area contributed by atoms with Crippen molar-refractivity contribution in [1.82, 2.24) is 0 Å². The number of hydrogen-bond donors (Lipinski definition) is 0. The highest BCUT2D eigenvalue weighted by molar-refractivity contribution is 6.71. The molecule has 7 nitrogen and oxygen atoms in total. The maximum absolute atomic E-state index is 12.2. The quantitative estimate of drug-likeness (QED) is 0.139. The first-order valence-corrected chi connectivity index (χ1v) is 20.4. The van der Waals surface area contributed by atoms with Gasteiger partial charge in [-0.3, -0.25) is 0 Å². The van der Waals surface area contributed by atoms with Gasteiger partial charge >= 0.3 is 5.97 Å². The van der Waals surface area contributed by atoms with Crippen LogP contribution in [0.5, 0.6) is 17.2 Å². The fourth-order valence-corrected chi connectivity index (χ4v) is 10.2. The molecule has 1 unspecified atom stereocenters. The van der Waals surface area contributed by atoms with Gasteiger partial charge in [0.05, 0.1) is 37.5 Å². The van der Waals surface area contributed by atoms with E-state index in [2.05, 4.69) is 46.2 Å². The Morgan fingerprint density at radius 3 is 2.03 bits per heavy atom. The Bertz CT molecular complexity index is 785. The van der Waals surface area contributed by atoms with Crippen molar-refractivity contribution in [2.75, 3.05) is 27.9 Å². The molecule has 0 saturated carbocycles. The zero-order valence-corrected chi connectivity index (χ0v) is 26.1. The summed E-state index contributed by atoms with van der Waals surface area (Å²) in [6.07, 6.45) is 3.88. The summed E-state index contributed by atoms with van der Waals surface area (Å²) in [5.74, 6) is 1.59. The van der Waals surface area contributed by atoms with E-state index < -0.39 is 26.2 Å². The Hall–Kier alpha value is -1.60. The molecule has 1 rings (SSSR count). The van der Waals surface area contributed by atoms with Crippen molar-refractivity contribution in [3.05, 3.63) is 23.8 Å². The lowest BCUT2D eigenvalue weighted by Crippen LogP contribution is -2.43. The molecule has 194 valence electrons. The molecule has 0 aliphatic heterocycles. The molecule has 0 N–H and O–H groups in total. The minimum Gasteiger partial charge on any atom is -0.493 e. The molecule has 1 aromatic carbocycles. The van der Waals surface area contributed by atoms with Crippen LogP contribution in [0.15, 0.2) is 18.2 Å². The lowest BCUT2D eigenvalue weighted by atomic mass is 10.1. The average molecular weight is 529 g/mol. The summed E-state index contributed by atoms with van der Waals surface area (Å²) in [5.41, 5.74) is 0.701. The Balaban J connectivity index is 2.57. The molecule has 1 atom stereocenters. The van der Waals surface area contributed by atoms with E-state index in [1.165, 1.54) is 6.08 Å². The van der Waals surface area contributed by atoms with Gasteiger partial charge in [-0.05, 0) is 69.8 Å². The second-order valence-corrected chi connectivity index (χ2v) is 21.0. The van der Waals surface area contributed by atoms with Gasteiger partial charge in [0.25, 0.3) is 0 Å². The van der Waals surface area contributed by atoms with Gasteiger partial charge in [-0.15, -0.1) is 0 Å². The van der Waals surface area contributed by atoms with E-state index in [0.29, 0.717) is 35.3 Å². The molecule has 0 amide bonds. The Morgan fingerprint density at radius 2 is 1.53 bits per heavy atom. The van der Waals surface area contributed by atoms with Crippen LogP contribution < -0.4 is 14.2 Å². The van der Waals surface area contributed by atoms with Crippen molar-refractivity contribution >= 4 is 38.2 Å². The van der Waals surface area contributed by atoms with Gasteiger partial charge in [-0.1, -0.05) is 13.0 Å². The van der Waals surface area contributed by atoms with Crippen LogP contribution in [0.4, 0.5) is 0 Å². The molecule has 0 fully saturated rings. The minimum absolute atomic E-state index is 0.0114. The van der Waals surface area contributed by atoms with E-state index in [-0.39, 0.29) is 11.9 Å². The minimum atomic E-state index is -1.66. The number of carbonyl (C=O) groups excluding carboxylic acids is 1. The first-order chi connectivity index (χ1) is 15.8. The molecule has 0 heterocycles. The maximum atomic E-state index is 12.2. The van der Waals surface area contributed by atoms with Gasteiger partial charge in [0.15, 0.2) is 28.1 Å². The van der Waals surface area contributed by atoms with E-state index in [1.807, 2.05) is 0 Å². The number of ether oxygens (including phenoxy) is 4. The van der Waals surface area contributed by atoms with Gasteiger partial charge in [0.1, 0.15) is 5.91 Å². The second kappa shape index (κ2) is 14.1. The standard InChI is InChI=1S/C24H44O7Si3/c1-18(17-32-24(30-33(5,6)7)31-34(8,9)10)15-16-29-21(25)14-12-19-11-13-20(26-2)23(28-4)22(19)27-3/h11-14,18,24H,15-17,32H2,1-10H3/b14-12+. The first kappa shape index (κ1) is 30.4. The highest BCUT2D eigenvalue weighted by Crippen LogP contribution is 2.40. The Labute approximate surface area is 210 Å². The highest BCUT2D eigenvalue weighted by Gasteiger charge is 2.27. The molecule has 0 spiro atoms. The molecule has 0 radical (unpaired) electrons. The van der Waals surface area contributed by atoms with Crippen LogP contribution in [0.1, 0.15) is 18.9 Å². The summed E-state index contributed by atoms with van der Waals surface area (Å²) >= 11 is 0. The fourth-order valence-electron chi connectivity index (χ4n) is 3.32. The van der Waals surface area contributed by atoms with Gasteiger partial charge < -0.3 is 27.8 Å². The van der Waals surface area contributed by atoms with E-state index >= 15 is 0 Å².